The third-order valence-electron chi connectivity index (χ3n) is 3.23. The molecule has 0 unspecified atom stereocenters. The summed E-state index contributed by atoms with van der Waals surface area (Å²) in [7, 11) is 0. The predicted molar refractivity (Wildman–Crippen MR) is 88.2 cm³/mol. The Kier molecular flexibility index (Phi) is 6.13. The maximum absolute atomic E-state index is 12.0. The molecule has 9 nitrogen and oxygen atoms in total. The predicted octanol–water partition coefficient (Wildman–Crippen LogP) is 2.45. The van der Waals surface area contributed by atoms with E-state index in [9.17, 15) is 25.0 Å². The Bertz CT molecular complexity index is 746. The van der Waals surface area contributed by atoms with Crippen molar-refractivity contribution in [3.05, 3.63) is 79.9 Å². The second-order valence-corrected chi connectivity index (χ2v) is 5.05. The normalized spacial score (nSPS) is 10.2. The monoisotopic (exact) mass is 345 g/mol. The van der Waals surface area contributed by atoms with E-state index in [1.165, 1.54) is 0 Å². The van der Waals surface area contributed by atoms with E-state index < -0.39 is 27.1 Å². The molecule has 0 heterocycles. The van der Waals surface area contributed by atoms with Gasteiger partial charge in [-0.2, -0.15) is 0 Å². The summed E-state index contributed by atoms with van der Waals surface area (Å²) in [6, 6.07) is 12.3. The molecule has 0 bridgehead atoms. The number of amides is 1. The van der Waals surface area contributed by atoms with Crippen LogP contribution in [0.1, 0.15) is 15.9 Å². The summed E-state index contributed by atoms with van der Waals surface area (Å²) in [6.45, 7) is 0.790. The first kappa shape index (κ1) is 18.0. The number of hydrogen-bond donors (Lipinski definition) is 1. The molecule has 0 fully saturated rings. The zero-order valence-electron chi connectivity index (χ0n) is 13.1. The zero-order valence-corrected chi connectivity index (χ0v) is 13.1. The highest BCUT2D eigenvalue weighted by Crippen LogP contribution is 2.22. The molecule has 0 radical (unpaired) electrons. The number of carbonyl (C=O) groups is 1. The molecular weight excluding hydrogens is 330 g/mol. The lowest BCUT2D eigenvalue weighted by Gasteiger charge is -2.07. The van der Waals surface area contributed by atoms with E-state index >= 15 is 0 Å². The number of rotatable bonds is 8. The SMILES string of the molecule is O=C(NCCOCc1ccccc1)c1cc([N+](=O)[O-])cc([N+](=O)[O-])c1. The van der Waals surface area contributed by atoms with E-state index in [2.05, 4.69) is 5.32 Å². The largest absolute Gasteiger partial charge is 0.375 e. The van der Waals surface area contributed by atoms with Crippen LogP contribution in [0, 0.1) is 20.2 Å². The van der Waals surface area contributed by atoms with Crippen molar-refractivity contribution in [3.63, 3.8) is 0 Å². The van der Waals surface area contributed by atoms with Gasteiger partial charge in [-0.25, -0.2) is 0 Å². The summed E-state index contributed by atoms with van der Waals surface area (Å²) in [5, 5.41) is 24.1. The van der Waals surface area contributed by atoms with Crippen LogP contribution in [0.25, 0.3) is 0 Å². The van der Waals surface area contributed by atoms with Crippen LogP contribution in [0.5, 0.6) is 0 Å². The summed E-state index contributed by atoms with van der Waals surface area (Å²) >= 11 is 0. The van der Waals surface area contributed by atoms with Crippen molar-refractivity contribution in [2.24, 2.45) is 0 Å². The lowest BCUT2D eigenvalue weighted by atomic mass is 10.1. The Hall–Kier alpha value is -3.33. The van der Waals surface area contributed by atoms with Gasteiger partial charge in [0.25, 0.3) is 17.3 Å². The van der Waals surface area contributed by atoms with Crippen LogP contribution in [-0.4, -0.2) is 28.9 Å². The third kappa shape index (κ3) is 5.36. The zero-order chi connectivity index (χ0) is 18.2. The molecule has 2 aromatic rings. The van der Waals surface area contributed by atoms with E-state index in [1.807, 2.05) is 30.3 Å². The summed E-state index contributed by atoms with van der Waals surface area (Å²) in [6.07, 6.45) is 0. The van der Waals surface area contributed by atoms with Crippen molar-refractivity contribution < 1.29 is 19.4 Å². The fraction of sp³-hybridized carbons (Fsp3) is 0.188. The second kappa shape index (κ2) is 8.50. The van der Waals surface area contributed by atoms with Crippen molar-refractivity contribution in [2.45, 2.75) is 6.61 Å². The average molecular weight is 345 g/mol. The molecule has 0 aliphatic carbocycles. The minimum Gasteiger partial charge on any atom is -0.375 e. The number of carbonyl (C=O) groups excluding carboxylic acids is 1. The fourth-order valence-electron chi connectivity index (χ4n) is 2.04. The second-order valence-electron chi connectivity index (χ2n) is 5.05. The van der Waals surface area contributed by atoms with Gasteiger partial charge in [0.05, 0.1) is 34.7 Å². The topological polar surface area (TPSA) is 125 Å². The van der Waals surface area contributed by atoms with E-state index in [1.54, 1.807) is 0 Å². The number of non-ortho nitro benzene ring substituents is 2. The van der Waals surface area contributed by atoms with Gasteiger partial charge < -0.3 is 10.1 Å². The van der Waals surface area contributed by atoms with Crippen LogP contribution in [0.4, 0.5) is 11.4 Å². The van der Waals surface area contributed by atoms with Gasteiger partial charge in [-0.3, -0.25) is 25.0 Å². The molecule has 2 aromatic carbocycles. The lowest BCUT2D eigenvalue weighted by molar-refractivity contribution is -0.394. The third-order valence-corrected chi connectivity index (χ3v) is 3.23. The molecule has 0 spiro atoms. The fourth-order valence-corrected chi connectivity index (χ4v) is 2.04. The highest BCUT2D eigenvalue weighted by atomic mass is 16.6. The van der Waals surface area contributed by atoms with Gasteiger partial charge in [0.2, 0.25) is 0 Å². The first-order valence-corrected chi connectivity index (χ1v) is 7.31. The van der Waals surface area contributed by atoms with Gasteiger partial charge in [0, 0.05) is 18.7 Å². The molecule has 25 heavy (non-hydrogen) atoms. The van der Waals surface area contributed by atoms with Crippen molar-refractivity contribution in [1.82, 2.24) is 5.32 Å². The van der Waals surface area contributed by atoms with Gasteiger partial charge >= 0.3 is 0 Å². The van der Waals surface area contributed by atoms with Crippen molar-refractivity contribution in [2.75, 3.05) is 13.2 Å². The van der Waals surface area contributed by atoms with Crippen molar-refractivity contribution in [3.8, 4) is 0 Å². The lowest BCUT2D eigenvalue weighted by Crippen LogP contribution is -2.27. The summed E-state index contributed by atoms with van der Waals surface area (Å²) in [4.78, 5) is 32.1. The van der Waals surface area contributed by atoms with Gasteiger partial charge in [-0.1, -0.05) is 30.3 Å². The summed E-state index contributed by atoms with van der Waals surface area (Å²) < 4.78 is 5.40. The molecule has 130 valence electrons. The molecule has 0 saturated carbocycles. The number of nitrogens with one attached hydrogen (secondary N) is 1. The first-order valence-electron chi connectivity index (χ1n) is 7.31. The minimum absolute atomic E-state index is 0.149. The van der Waals surface area contributed by atoms with E-state index in [4.69, 9.17) is 4.74 Å². The van der Waals surface area contributed by atoms with E-state index in [0.29, 0.717) is 6.61 Å². The van der Waals surface area contributed by atoms with Crippen molar-refractivity contribution in [1.29, 1.82) is 0 Å². The number of benzene rings is 2. The van der Waals surface area contributed by atoms with Crippen LogP contribution < -0.4 is 5.32 Å². The van der Waals surface area contributed by atoms with Crippen molar-refractivity contribution >= 4 is 17.3 Å². The molecule has 0 aromatic heterocycles. The average Bonchev–Trinajstić information content (AvgIpc) is 2.61. The first-order chi connectivity index (χ1) is 12.0. The molecule has 0 aliphatic rings. The number of nitro groups is 2. The van der Waals surface area contributed by atoms with Crippen LogP contribution >= 0.6 is 0 Å². The molecule has 1 N–H and O–H groups in total. The molecule has 0 aliphatic heterocycles. The van der Waals surface area contributed by atoms with Gasteiger partial charge in [-0.05, 0) is 5.56 Å². The van der Waals surface area contributed by atoms with Crippen LogP contribution in [0.15, 0.2) is 48.5 Å². The van der Waals surface area contributed by atoms with E-state index in [-0.39, 0.29) is 18.7 Å². The van der Waals surface area contributed by atoms with Gasteiger partial charge in [0.1, 0.15) is 0 Å². The summed E-state index contributed by atoms with van der Waals surface area (Å²) in [5.74, 6) is -0.643. The Labute approximate surface area is 142 Å². The molecule has 0 saturated heterocycles. The Morgan fingerprint density at radius 3 is 2.16 bits per heavy atom. The Morgan fingerprint density at radius 2 is 1.60 bits per heavy atom. The molecule has 1 amide bonds. The smallest absolute Gasteiger partial charge is 0.277 e. The molecule has 2 rings (SSSR count). The maximum Gasteiger partial charge on any atom is 0.277 e. The molecular formula is C16H15N3O6. The van der Waals surface area contributed by atoms with E-state index in [0.717, 1.165) is 23.8 Å². The number of ether oxygens (including phenoxy) is 1. The van der Waals surface area contributed by atoms with Gasteiger partial charge in [-0.15, -0.1) is 0 Å². The standard InChI is InChI=1S/C16H15N3O6/c20-16(17-6-7-25-11-12-4-2-1-3-5-12)13-8-14(18(21)22)10-15(9-13)19(23)24/h1-5,8-10H,6-7,11H2,(H,17,20). The highest BCUT2D eigenvalue weighted by molar-refractivity contribution is 5.95. The molecule has 9 heteroatoms. The van der Waals surface area contributed by atoms with Gasteiger partial charge in [0.15, 0.2) is 0 Å². The minimum atomic E-state index is -0.785. The highest BCUT2D eigenvalue weighted by Gasteiger charge is 2.19. The Balaban J connectivity index is 1.89. The van der Waals surface area contributed by atoms with Crippen LogP contribution in [0.3, 0.4) is 0 Å². The maximum atomic E-state index is 12.0. The quantitative estimate of drug-likeness (QED) is 0.445. The number of nitrogens with zero attached hydrogens (tertiary/aromatic N) is 2. The summed E-state index contributed by atoms with van der Waals surface area (Å²) in [5.41, 5.74) is -0.188. The number of hydrogen-bond acceptors (Lipinski definition) is 6. The van der Waals surface area contributed by atoms with Crippen LogP contribution in [0.2, 0.25) is 0 Å². The number of nitro benzene ring substituents is 2. The molecule has 0 atom stereocenters. The van der Waals surface area contributed by atoms with Crippen LogP contribution in [-0.2, 0) is 11.3 Å². The Morgan fingerprint density at radius 1 is 1.00 bits per heavy atom.